The summed E-state index contributed by atoms with van der Waals surface area (Å²) in [5, 5.41) is 5.56. The molecule has 2 aromatic heterocycles. The highest BCUT2D eigenvalue weighted by atomic mass is 35.5. The van der Waals surface area contributed by atoms with Gasteiger partial charge in [0.2, 0.25) is 0 Å². The number of nitrogens with one attached hydrogen (secondary N) is 1. The van der Waals surface area contributed by atoms with Crippen LogP contribution in [0.25, 0.3) is 10.9 Å². The SMILES string of the molecule is Cc1nn(C)c2cc(NS(=O)(=O)c3cncc(Cl)c3)ccc12. The first kappa shape index (κ1) is 14.8. The standard InChI is InChI=1S/C14H13ClN4O2S/c1-9-13-4-3-11(6-14(13)19(2)17-9)18-22(20,21)12-5-10(15)7-16-8-12/h3-8,18H,1-2H3. The highest BCUT2D eigenvalue weighted by molar-refractivity contribution is 7.92. The van der Waals surface area contributed by atoms with Crippen molar-refractivity contribution >= 4 is 38.2 Å². The zero-order valence-corrected chi connectivity index (χ0v) is 13.5. The second-order valence-corrected chi connectivity index (χ2v) is 7.00. The number of halogens is 1. The van der Waals surface area contributed by atoms with Crippen LogP contribution in [0.15, 0.2) is 41.6 Å². The van der Waals surface area contributed by atoms with E-state index < -0.39 is 10.0 Å². The minimum Gasteiger partial charge on any atom is -0.280 e. The molecule has 0 radical (unpaired) electrons. The minimum atomic E-state index is -3.74. The second kappa shape index (κ2) is 5.26. The quantitative estimate of drug-likeness (QED) is 0.797. The summed E-state index contributed by atoms with van der Waals surface area (Å²) in [6.07, 6.45) is 2.63. The molecule has 0 atom stereocenters. The molecule has 0 aliphatic heterocycles. The minimum absolute atomic E-state index is 0.0151. The maximum absolute atomic E-state index is 12.3. The van der Waals surface area contributed by atoms with Gasteiger partial charge in [-0.25, -0.2) is 8.42 Å². The van der Waals surface area contributed by atoms with Crippen molar-refractivity contribution in [3.05, 3.63) is 47.4 Å². The van der Waals surface area contributed by atoms with E-state index >= 15 is 0 Å². The summed E-state index contributed by atoms with van der Waals surface area (Å²) in [5.41, 5.74) is 2.20. The monoisotopic (exact) mass is 336 g/mol. The van der Waals surface area contributed by atoms with Crippen molar-refractivity contribution in [1.29, 1.82) is 0 Å². The van der Waals surface area contributed by atoms with Gasteiger partial charge in [0, 0.05) is 24.8 Å². The third-order valence-corrected chi connectivity index (χ3v) is 4.83. The Morgan fingerprint density at radius 1 is 1.23 bits per heavy atom. The van der Waals surface area contributed by atoms with Crippen molar-refractivity contribution in [2.45, 2.75) is 11.8 Å². The third-order valence-electron chi connectivity index (χ3n) is 3.28. The van der Waals surface area contributed by atoms with E-state index in [0.29, 0.717) is 5.69 Å². The van der Waals surface area contributed by atoms with Crippen LogP contribution in [0.2, 0.25) is 5.02 Å². The fourth-order valence-corrected chi connectivity index (χ4v) is 3.53. The lowest BCUT2D eigenvalue weighted by Gasteiger charge is -2.08. The highest BCUT2D eigenvalue weighted by Gasteiger charge is 2.16. The Kier molecular flexibility index (Phi) is 3.54. The van der Waals surface area contributed by atoms with Crippen LogP contribution < -0.4 is 4.72 Å². The van der Waals surface area contributed by atoms with Crippen LogP contribution >= 0.6 is 11.6 Å². The van der Waals surface area contributed by atoms with Crippen LogP contribution in [-0.4, -0.2) is 23.2 Å². The summed E-state index contributed by atoms with van der Waals surface area (Å²) in [6.45, 7) is 1.91. The number of fused-ring (bicyclic) bond motifs is 1. The maximum atomic E-state index is 12.3. The van der Waals surface area contributed by atoms with Crippen LogP contribution in [0.1, 0.15) is 5.69 Å². The van der Waals surface area contributed by atoms with Crippen molar-refractivity contribution in [2.24, 2.45) is 7.05 Å². The molecule has 1 aromatic carbocycles. The topological polar surface area (TPSA) is 76.9 Å². The van der Waals surface area contributed by atoms with E-state index in [4.69, 9.17) is 11.6 Å². The molecule has 6 nitrogen and oxygen atoms in total. The van der Waals surface area contributed by atoms with E-state index in [1.807, 2.05) is 20.0 Å². The van der Waals surface area contributed by atoms with E-state index in [-0.39, 0.29) is 9.92 Å². The summed E-state index contributed by atoms with van der Waals surface area (Å²) in [4.78, 5) is 3.81. The molecule has 22 heavy (non-hydrogen) atoms. The molecule has 0 amide bonds. The molecule has 1 N–H and O–H groups in total. The van der Waals surface area contributed by atoms with Crippen molar-refractivity contribution < 1.29 is 8.42 Å². The van der Waals surface area contributed by atoms with Gasteiger partial charge in [0.1, 0.15) is 4.90 Å². The van der Waals surface area contributed by atoms with Gasteiger partial charge in [0.15, 0.2) is 0 Å². The summed E-state index contributed by atoms with van der Waals surface area (Å²) >= 11 is 5.79. The van der Waals surface area contributed by atoms with Crippen molar-refractivity contribution in [1.82, 2.24) is 14.8 Å². The average molecular weight is 337 g/mol. The Balaban J connectivity index is 2.00. The molecule has 0 saturated carbocycles. The number of pyridine rings is 1. The molecule has 0 bridgehead atoms. The molecule has 8 heteroatoms. The Hall–Kier alpha value is -2.12. The van der Waals surface area contributed by atoms with Crippen LogP contribution in [0.4, 0.5) is 5.69 Å². The molecule has 0 fully saturated rings. The molecule has 3 aromatic rings. The van der Waals surface area contributed by atoms with Gasteiger partial charge in [-0.05, 0) is 31.2 Å². The number of benzene rings is 1. The van der Waals surface area contributed by atoms with Gasteiger partial charge >= 0.3 is 0 Å². The largest absolute Gasteiger partial charge is 0.280 e. The highest BCUT2D eigenvalue weighted by Crippen LogP contribution is 2.24. The van der Waals surface area contributed by atoms with Crippen molar-refractivity contribution in [3.63, 3.8) is 0 Å². The Morgan fingerprint density at radius 3 is 2.73 bits per heavy atom. The van der Waals surface area contributed by atoms with Gasteiger partial charge in [-0.3, -0.25) is 14.4 Å². The second-order valence-electron chi connectivity index (χ2n) is 4.89. The predicted octanol–water partition coefficient (Wildman–Crippen LogP) is 2.73. The first-order valence-electron chi connectivity index (χ1n) is 6.43. The zero-order chi connectivity index (χ0) is 15.9. The summed E-state index contributed by atoms with van der Waals surface area (Å²) in [7, 11) is -1.92. The number of aromatic nitrogens is 3. The molecule has 2 heterocycles. The lowest BCUT2D eigenvalue weighted by atomic mass is 10.2. The molecule has 114 valence electrons. The van der Waals surface area contributed by atoms with E-state index in [0.717, 1.165) is 16.6 Å². The fourth-order valence-electron chi connectivity index (χ4n) is 2.25. The summed E-state index contributed by atoms with van der Waals surface area (Å²) in [6, 6.07) is 6.63. The number of hydrogen-bond acceptors (Lipinski definition) is 4. The molecule has 3 rings (SSSR count). The molecule has 0 saturated heterocycles. The smallest absolute Gasteiger partial charge is 0.263 e. The van der Waals surface area contributed by atoms with Gasteiger partial charge in [0.05, 0.1) is 21.9 Å². The number of sulfonamides is 1. The summed E-state index contributed by atoms with van der Waals surface area (Å²) < 4.78 is 28.9. The molecule has 0 spiro atoms. The van der Waals surface area contributed by atoms with E-state index in [2.05, 4.69) is 14.8 Å². The van der Waals surface area contributed by atoms with Crippen molar-refractivity contribution in [3.8, 4) is 0 Å². The molecular formula is C14H13ClN4O2S. The molecular weight excluding hydrogens is 324 g/mol. The summed E-state index contributed by atoms with van der Waals surface area (Å²) in [5.74, 6) is 0. The van der Waals surface area contributed by atoms with Gasteiger partial charge in [-0.2, -0.15) is 5.10 Å². The lowest BCUT2D eigenvalue weighted by Crippen LogP contribution is -2.13. The normalized spacial score (nSPS) is 11.8. The van der Waals surface area contributed by atoms with E-state index in [1.165, 1.54) is 18.5 Å². The van der Waals surface area contributed by atoms with Crippen LogP contribution in [0.5, 0.6) is 0 Å². The van der Waals surface area contributed by atoms with Gasteiger partial charge < -0.3 is 0 Å². The average Bonchev–Trinajstić information content (AvgIpc) is 2.73. The van der Waals surface area contributed by atoms with Gasteiger partial charge in [-0.15, -0.1) is 0 Å². The fraction of sp³-hybridized carbons (Fsp3) is 0.143. The van der Waals surface area contributed by atoms with Gasteiger partial charge in [0.25, 0.3) is 10.0 Å². The Morgan fingerprint density at radius 2 is 2.00 bits per heavy atom. The number of aryl methyl sites for hydroxylation is 2. The Labute approximate surface area is 132 Å². The van der Waals surface area contributed by atoms with E-state index in [9.17, 15) is 8.42 Å². The molecule has 0 unspecified atom stereocenters. The molecule has 0 aliphatic carbocycles. The number of anilines is 1. The van der Waals surface area contributed by atoms with E-state index in [1.54, 1.807) is 16.8 Å². The van der Waals surface area contributed by atoms with Crippen LogP contribution in [0.3, 0.4) is 0 Å². The number of hydrogen-bond donors (Lipinski definition) is 1. The predicted molar refractivity (Wildman–Crippen MR) is 85.5 cm³/mol. The van der Waals surface area contributed by atoms with Gasteiger partial charge in [-0.1, -0.05) is 11.6 Å². The molecule has 0 aliphatic rings. The lowest BCUT2D eigenvalue weighted by molar-refractivity contribution is 0.601. The number of nitrogens with zero attached hydrogens (tertiary/aromatic N) is 3. The first-order chi connectivity index (χ1) is 10.4. The third kappa shape index (κ3) is 2.65. The van der Waals surface area contributed by atoms with Crippen LogP contribution in [0, 0.1) is 6.92 Å². The van der Waals surface area contributed by atoms with Crippen LogP contribution in [-0.2, 0) is 17.1 Å². The zero-order valence-electron chi connectivity index (χ0n) is 11.9. The number of rotatable bonds is 3. The maximum Gasteiger partial charge on any atom is 0.263 e. The first-order valence-corrected chi connectivity index (χ1v) is 8.30. The Bertz CT molecular complexity index is 966. The van der Waals surface area contributed by atoms with Crippen molar-refractivity contribution in [2.75, 3.05) is 4.72 Å².